The van der Waals surface area contributed by atoms with Crippen molar-refractivity contribution < 1.29 is 19.8 Å². The molecule has 0 spiro atoms. The van der Waals surface area contributed by atoms with Crippen molar-refractivity contribution in [2.45, 2.75) is 127 Å². The van der Waals surface area contributed by atoms with Gasteiger partial charge in [-0.2, -0.15) is 10.5 Å². The van der Waals surface area contributed by atoms with Gasteiger partial charge < -0.3 is 15.1 Å². The molecule has 1 unspecified atom stereocenters. The minimum absolute atomic E-state index is 0.246. The van der Waals surface area contributed by atoms with E-state index in [1.807, 2.05) is 23.9 Å². The Kier molecular flexibility index (Phi) is 18.2. The monoisotopic (exact) mass is 997 g/mol. The molecule has 12 heteroatoms. The highest BCUT2D eigenvalue weighted by molar-refractivity contribution is 7.99. The van der Waals surface area contributed by atoms with Gasteiger partial charge in [0, 0.05) is 55.4 Å². The van der Waals surface area contributed by atoms with Gasteiger partial charge in [0.25, 0.3) is 0 Å². The molecule has 5 heterocycles. The summed E-state index contributed by atoms with van der Waals surface area (Å²) in [7, 11) is 0. The topological polar surface area (TPSA) is 125 Å². The number of thiophene rings is 4. The van der Waals surface area contributed by atoms with Crippen LogP contribution in [0, 0.1) is 28.6 Å². The smallest absolute Gasteiger partial charge is 0.346 e. The first-order valence-electron chi connectivity index (χ1n) is 24.0. The van der Waals surface area contributed by atoms with Crippen LogP contribution < -0.4 is 4.90 Å². The second-order valence-corrected chi connectivity index (χ2v) is 22.8. The maximum absolute atomic E-state index is 11.8. The number of carboxylic acids is 2. The molecular weight excluding hydrogens is 939 g/mol. The zero-order valence-electron chi connectivity index (χ0n) is 39.4. The number of benzene rings is 2. The van der Waals surface area contributed by atoms with E-state index in [1.165, 1.54) is 40.4 Å². The first-order valence-corrected chi connectivity index (χ1v) is 28.1. The van der Waals surface area contributed by atoms with Gasteiger partial charge in [0.2, 0.25) is 0 Å². The Balaban J connectivity index is 1.20. The third-order valence-electron chi connectivity index (χ3n) is 12.5. The number of unbranched alkanes of at least 4 members (excludes halogenated alkanes) is 7. The van der Waals surface area contributed by atoms with Crippen LogP contribution >= 0.6 is 57.1 Å². The van der Waals surface area contributed by atoms with E-state index in [2.05, 4.69) is 105 Å². The van der Waals surface area contributed by atoms with Crippen molar-refractivity contribution in [2.24, 2.45) is 5.92 Å². The van der Waals surface area contributed by atoms with Crippen molar-refractivity contribution in [3.8, 4) is 52.5 Å². The molecule has 0 saturated carbocycles. The number of nitriles is 2. The zero-order chi connectivity index (χ0) is 48.2. The average Bonchev–Trinajstić information content (AvgIpc) is 4.18. The third kappa shape index (κ3) is 12.3. The molecule has 352 valence electrons. The van der Waals surface area contributed by atoms with Crippen molar-refractivity contribution in [1.29, 1.82) is 10.5 Å². The summed E-state index contributed by atoms with van der Waals surface area (Å²) in [5.74, 6) is -1.85. The summed E-state index contributed by atoms with van der Waals surface area (Å²) in [4.78, 5) is 37.0. The Morgan fingerprint density at radius 3 is 1.44 bits per heavy atom. The fourth-order valence-electron chi connectivity index (χ4n) is 8.61. The molecule has 68 heavy (non-hydrogen) atoms. The number of anilines is 2. The number of carbonyl (C=O) groups is 2. The normalized spacial score (nSPS) is 12.9. The van der Waals surface area contributed by atoms with E-state index in [0.717, 1.165) is 138 Å². The molecule has 0 radical (unpaired) electrons. The highest BCUT2D eigenvalue weighted by atomic mass is 32.2. The standard InChI is InChI=1S/C56H59N3O4S5/c1-5-9-12-14-17-37-29-53(66-49(37)31-41(33-57)55(60)61)47-25-23-45(64-47)39-19-21-43-51(27-39)68-52-28-40(20-22-44(52)59(43)35-36(8-4)16-11-7-3)46-24-26-48(65-46)54-30-38(18-15-13-10-6-2)50(67-54)32-42(34-58)56(62)63/h19-32,36H,5-18,35H2,1-4H3,(H,60,61)(H,62,63)/b41-31-,42-32+. The summed E-state index contributed by atoms with van der Waals surface area (Å²) in [6, 6.07) is 30.6. The first kappa shape index (κ1) is 50.7. The molecular formula is C56H59N3O4S5. The number of rotatable bonds is 24. The summed E-state index contributed by atoms with van der Waals surface area (Å²) >= 11 is 8.43. The third-order valence-corrected chi connectivity index (χ3v) is 18.5. The van der Waals surface area contributed by atoms with Crippen LogP contribution in [0.5, 0.6) is 0 Å². The molecule has 0 saturated heterocycles. The molecule has 0 fully saturated rings. The number of hydrogen-bond donors (Lipinski definition) is 2. The van der Waals surface area contributed by atoms with Crippen LogP contribution in [0.3, 0.4) is 0 Å². The Hall–Kier alpha value is -5.21. The van der Waals surface area contributed by atoms with Crippen LogP contribution in [0.2, 0.25) is 0 Å². The maximum Gasteiger partial charge on any atom is 0.346 e. The number of aryl methyl sites for hydroxylation is 2. The molecule has 0 aliphatic carbocycles. The number of nitrogens with zero attached hydrogens (tertiary/aromatic N) is 3. The van der Waals surface area contributed by atoms with Gasteiger partial charge in [0.15, 0.2) is 0 Å². The molecule has 0 amide bonds. The van der Waals surface area contributed by atoms with Crippen molar-refractivity contribution >= 4 is 92.6 Å². The van der Waals surface area contributed by atoms with Gasteiger partial charge in [-0.3, -0.25) is 0 Å². The molecule has 1 aliphatic rings. The van der Waals surface area contributed by atoms with Crippen LogP contribution in [-0.2, 0) is 22.4 Å². The van der Waals surface area contributed by atoms with Crippen molar-refractivity contribution in [3.05, 3.63) is 105 Å². The fourth-order valence-corrected chi connectivity index (χ4v) is 14.3. The molecule has 6 aromatic rings. The lowest BCUT2D eigenvalue weighted by molar-refractivity contribution is -0.133. The van der Waals surface area contributed by atoms with Crippen molar-refractivity contribution in [3.63, 3.8) is 0 Å². The molecule has 2 aromatic carbocycles. The summed E-state index contributed by atoms with van der Waals surface area (Å²) in [5, 5.41) is 38.4. The van der Waals surface area contributed by atoms with Crippen LogP contribution in [-0.4, -0.2) is 28.7 Å². The Labute approximate surface area is 422 Å². The van der Waals surface area contributed by atoms with E-state index >= 15 is 0 Å². The maximum atomic E-state index is 11.8. The van der Waals surface area contributed by atoms with Gasteiger partial charge in [-0.15, -0.1) is 45.3 Å². The van der Waals surface area contributed by atoms with Crippen molar-refractivity contribution in [1.82, 2.24) is 0 Å². The van der Waals surface area contributed by atoms with Crippen LogP contribution in [0.1, 0.15) is 126 Å². The van der Waals surface area contributed by atoms with Crippen molar-refractivity contribution in [2.75, 3.05) is 11.4 Å². The second-order valence-electron chi connectivity index (χ2n) is 17.4. The second kappa shape index (κ2) is 24.4. The Morgan fingerprint density at radius 2 is 1.03 bits per heavy atom. The zero-order valence-corrected chi connectivity index (χ0v) is 43.4. The van der Waals surface area contributed by atoms with Crippen LogP contribution in [0.15, 0.2) is 93.7 Å². The molecule has 2 N–H and O–H groups in total. The van der Waals surface area contributed by atoms with Gasteiger partial charge >= 0.3 is 11.9 Å². The summed E-state index contributed by atoms with van der Waals surface area (Å²) < 4.78 is 0. The average molecular weight is 998 g/mol. The SMILES string of the molecule is CCCCCCc1cc(-c2ccc(-c3ccc4c(c3)Sc3cc(-c5ccc(-c6cc(CCCCCC)c(/C=C(\C#N)C(=O)O)s6)s5)ccc3N4CC(CC)CCCC)s2)sc1/C=C(/C#N)C(=O)O. The van der Waals surface area contributed by atoms with E-state index in [0.29, 0.717) is 5.92 Å². The predicted molar refractivity (Wildman–Crippen MR) is 289 cm³/mol. The highest BCUT2D eigenvalue weighted by Crippen LogP contribution is 2.52. The summed E-state index contributed by atoms with van der Waals surface area (Å²) in [5.41, 5.74) is 6.47. The fraction of sp³-hybridized carbons (Fsp3) is 0.357. The molecule has 1 aliphatic heterocycles. The lowest BCUT2D eigenvalue weighted by Crippen LogP contribution is -2.27. The minimum atomic E-state index is -1.20. The number of aliphatic carboxylic acids is 2. The summed E-state index contributed by atoms with van der Waals surface area (Å²) in [6.07, 6.45) is 18.3. The predicted octanol–water partition coefficient (Wildman–Crippen LogP) is 17.6. The largest absolute Gasteiger partial charge is 0.477 e. The van der Waals surface area contributed by atoms with E-state index in [9.17, 15) is 30.3 Å². The molecule has 0 bridgehead atoms. The Bertz CT molecular complexity index is 2690. The highest BCUT2D eigenvalue weighted by Gasteiger charge is 2.27. The van der Waals surface area contributed by atoms with E-state index < -0.39 is 11.9 Å². The van der Waals surface area contributed by atoms with Gasteiger partial charge in [-0.1, -0.05) is 109 Å². The van der Waals surface area contributed by atoms with Crippen LogP contribution in [0.4, 0.5) is 11.4 Å². The van der Waals surface area contributed by atoms with Crippen LogP contribution in [0.25, 0.3) is 52.5 Å². The van der Waals surface area contributed by atoms with Gasteiger partial charge in [-0.05, 0) is 133 Å². The van der Waals surface area contributed by atoms with E-state index in [1.54, 1.807) is 57.5 Å². The molecule has 4 aromatic heterocycles. The lowest BCUT2D eigenvalue weighted by atomic mass is 9.97. The summed E-state index contributed by atoms with van der Waals surface area (Å²) in [6.45, 7) is 9.90. The minimum Gasteiger partial charge on any atom is -0.477 e. The van der Waals surface area contributed by atoms with Gasteiger partial charge in [0.05, 0.1) is 11.4 Å². The number of fused-ring (bicyclic) bond motifs is 2. The number of carboxylic acid groups (broad SMARTS) is 2. The number of hydrogen-bond acceptors (Lipinski definition) is 10. The van der Waals surface area contributed by atoms with Gasteiger partial charge in [0.1, 0.15) is 23.3 Å². The first-order chi connectivity index (χ1) is 33.1. The van der Waals surface area contributed by atoms with Gasteiger partial charge in [-0.25, -0.2) is 9.59 Å². The molecule has 7 nitrogen and oxygen atoms in total. The molecule has 7 rings (SSSR count). The Morgan fingerprint density at radius 1 is 0.574 bits per heavy atom. The molecule has 1 atom stereocenters. The quantitative estimate of drug-likeness (QED) is 0.0349. The lowest BCUT2D eigenvalue weighted by Gasteiger charge is -2.35. The van der Waals surface area contributed by atoms with E-state index in [-0.39, 0.29) is 11.1 Å². The van der Waals surface area contributed by atoms with E-state index in [4.69, 9.17) is 0 Å².